The number of nitrogens with zero attached hydrogens (tertiary/aromatic N) is 1. The van der Waals surface area contributed by atoms with Gasteiger partial charge in [-0.1, -0.05) is 18.2 Å². The van der Waals surface area contributed by atoms with Crippen LogP contribution in [-0.2, 0) is 29.2 Å². The standard InChI is InChI=1S/C18H24N4O3/c1-18(2)16(24)22(17(25)21-18)7-3-4-15(23)20-9-12-5-6-13-10-19-11-14(13)8-12/h5-6,8,19H,3-4,7,9-11H2,1-2H3,(H,20,23)(H,21,25). The third kappa shape index (κ3) is 3.82. The summed E-state index contributed by atoms with van der Waals surface area (Å²) in [7, 11) is 0. The van der Waals surface area contributed by atoms with Gasteiger partial charge in [0.1, 0.15) is 5.54 Å². The van der Waals surface area contributed by atoms with Crippen molar-refractivity contribution in [2.75, 3.05) is 6.54 Å². The molecule has 25 heavy (non-hydrogen) atoms. The largest absolute Gasteiger partial charge is 0.352 e. The lowest BCUT2D eigenvalue weighted by Gasteiger charge is -2.15. The Labute approximate surface area is 147 Å². The molecule has 4 amide bonds. The van der Waals surface area contributed by atoms with Crippen LogP contribution in [0.2, 0.25) is 0 Å². The predicted octanol–water partition coefficient (Wildman–Crippen LogP) is 1.02. The predicted molar refractivity (Wildman–Crippen MR) is 92.4 cm³/mol. The van der Waals surface area contributed by atoms with Gasteiger partial charge in [0.25, 0.3) is 5.91 Å². The molecule has 0 unspecified atom stereocenters. The lowest BCUT2D eigenvalue weighted by Crippen LogP contribution is -2.40. The van der Waals surface area contributed by atoms with E-state index in [0.717, 1.165) is 18.7 Å². The second kappa shape index (κ2) is 6.84. The van der Waals surface area contributed by atoms with Crippen molar-refractivity contribution in [3.05, 3.63) is 34.9 Å². The van der Waals surface area contributed by atoms with Crippen molar-refractivity contribution in [2.45, 2.75) is 51.9 Å². The van der Waals surface area contributed by atoms with E-state index in [1.54, 1.807) is 13.8 Å². The number of hydrogen-bond donors (Lipinski definition) is 3. The second-order valence-electron chi connectivity index (χ2n) is 7.10. The molecule has 7 heteroatoms. The van der Waals surface area contributed by atoms with Crippen LogP contribution < -0.4 is 16.0 Å². The fourth-order valence-corrected chi connectivity index (χ4v) is 3.17. The summed E-state index contributed by atoms with van der Waals surface area (Å²) in [6.45, 7) is 5.87. The van der Waals surface area contributed by atoms with Crippen LogP contribution >= 0.6 is 0 Å². The van der Waals surface area contributed by atoms with Crippen LogP contribution in [0.15, 0.2) is 18.2 Å². The average Bonchev–Trinajstić information content (AvgIpc) is 3.10. The lowest BCUT2D eigenvalue weighted by molar-refractivity contribution is -0.130. The lowest BCUT2D eigenvalue weighted by atomic mass is 10.1. The van der Waals surface area contributed by atoms with Crippen LogP contribution in [0.3, 0.4) is 0 Å². The first-order valence-electron chi connectivity index (χ1n) is 8.59. The quantitative estimate of drug-likeness (QED) is 0.672. The molecule has 0 spiro atoms. The van der Waals surface area contributed by atoms with Crippen LogP contribution in [0.4, 0.5) is 4.79 Å². The van der Waals surface area contributed by atoms with Gasteiger partial charge in [-0.25, -0.2) is 4.79 Å². The molecule has 2 heterocycles. The van der Waals surface area contributed by atoms with Gasteiger partial charge in [0.05, 0.1) is 0 Å². The van der Waals surface area contributed by atoms with E-state index < -0.39 is 5.54 Å². The van der Waals surface area contributed by atoms with Crippen LogP contribution in [0, 0.1) is 0 Å². The summed E-state index contributed by atoms with van der Waals surface area (Å²) >= 11 is 0. The molecule has 134 valence electrons. The van der Waals surface area contributed by atoms with Gasteiger partial charge in [0.15, 0.2) is 0 Å². The van der Waals surface area contributed by atoms with Crippen molar-refractivity contribution in [3.8, 4) is 0 Å². The number of urea groups is 1. The Morgan fingerprint density at radius 1 is 1.24 bits per heavy atom. The van der Waals surface area contributed by atoms with Crippen molar-refractivity contribution in [1.29, 1.82) is 0 Å². The molecule has 0 aromatic heterocycles. The summed E-state index contributed by atoms with van der Waals surface area (Å²) in [5.74, 6) is -0.324. The number of carbonyl (C=O) groups excluding carboxylic acids is 3. The molecule has 7 nitrogen and oxygen atoms in total. The second-order valence-corrected chi connectivity index (χ2v) is 7.10. The first-order chi connectivity index (χ1) is 11.9. The van der Waals surface area contributed by atoms with Gasteiger partial charge in [-0.05, 0) is 37.0 Å². The zero-order chi connectivity index (χ0) is 18.0. The number of benzene rings is 1. The summed E-state index contributed by atoms with van der Waals surface area (Å²) in [6, 6.07) is 5.85. The van der Waals surface area contributed by atoms with E-state index in [2.05, 4.69) is 28.1 Å². The summed E-state index contributed by atoms with van der Waals surface area (Å²) in [5.41, 5.74) is 2.81. The number of rotatable bonds is 6. The Balaban J connectivity index is 1.41. The minimum Gasteiger partial charge on any atom is -0.352 e. The van der Waals surface area contributed by atoms with Gasteiger partial charge in [0.2, 0.25) is 5.91 Å². The minimum atomic E-state index is -0.859. The van der Waals surface area contributed by atoms with Gasteiger partial charge in [-0.2, -0.15) is 0 Å². The number of carbonyl (C=O) groups is 3. The molecule has 2 aliphatic rings. The highest BCUT2D eigenvalue weighted by Crippen LogP contribution is 2.18. The maximum Gasteiger partial charge on any atom is 0.325 e. The number of imide groups is 1. The van der Waals surface area contributed by atoms with Gasteiger partial charge in [0, 0.05) is 32.6 Å². The normalized spacial score (nSPS) is 18.2. The van der Waals surface area contributed by atoms with Crippen molar-refractivity contribution in [2.24, 2.45) is 0 Å². The van der Waals surface area contributed by atoms with Crippen molar-refractivity contribution in [1.82, 2.24) is 20.9 Å². The zero-order valence-corrected chi connectivity index (χ0v) is 14.6. The highest BCUT2D eigenvalue weighted by molar-refractivity contribution is 6.06. The first kappa shape index (κ1) is 17.4. The topological polar surface area (TPSA) is 90.5 Å². The van der Waals surface area contributed by atoms with E-state index in [1.165, 1.54) is 16.0 Å². The molecule has 1 aromatic carbocycles. The Bertz CT molecular complexity index is 714. The molecule has 0 saturated carbocycles. The molecule has 3 rings (SSSR count). The van der Waals surface area contributed by atoms with E-state index in [4.69, 9.17) is 0 Å². The fraction of sp³-hybridized carbons (Fsp3) is 0.500. The van der Waals surface area contributed by atoms with Gasteiger partial charge in [-0.15, -0.1) is 0 Å². The Hall–Kier alpha value is -2.41. The average molecular weight is 344 g/mol. The molecule has 0 bridgehead atoms. The Kier molecular flexibility index (Phi) is 4.76. The molecule has 2 aliphatic heterocycles. The monoisotopic (exact) mass is 344 g/mol. The molecule has 1 fully saturated rings. The highest BCUT2D eigenvalue weighted by atomic mass is 16.2. The first-order valence-corrected chi connectivity index (χ1v) is 8.59. The molecule has 0 atom stereocenters. The van der Waals surface area contributed by atoms with Crippen LogP contribution in [0.1, 0.15) is 43.4 Å². The molecule has 3 N–H and O–H groups in total. The third-order valence-corrected chi connectivity index (χ3v) is 4.62. The van der Waals surface area contributed by atoms with E-state index in [9.17, 15) is 14.4 Å². The van der Waals surface area contributed by atoms with E-state index in [-0.39, 0.29) is 30.8 Å². The molecule has 1 aromatic rings. The molecule has 0 aliphatic carbocycles. The number of amides is 4. The van der Waals surface area contributed by atoms with Crippen LogP contribution in [0.25, 0.3) is 0 Å². The molecular weight excluding hydrogens is 320 g/mol. The van der Waals surface area contributed by atoms with E-state index in [1.807, 2.05) is 6.07 Å². The van der Waals surface area contributed by atoms with Gasteiger partial charge < -0.3 is 16.0 Å². The molecule has 0 radical (unpaired) electrons. The summed E-state index contributed by atoms with van der Waals surface area (Å²) in [5, 5.41) is 8.82. The van der Waals surface area contributed by atoms with Gasteiger partial charge >= 0.3 is 6.03 Å². The summed E-state index contributed by atoms with van der Waals surface area (Å²) in [6.07, 6.45) is 0.735. The Morgan fingerprint density at radius 2 is 2.00 bits per heavy atom. The highest BCUT2D eigenvalue weighted by Gasteiger charge is 2.43. The Morgan fingerprint density at radius 3 is 2.72 bits per heavy atom. The molecular formula is C18H24N4O3. The fourth-order valence-electron chi connectivity index (χ4n) is 3.17. The summed E-state index contributed by atoms with van der Waals surface area (Å²) in [4.78, 5) is 37.0. The molecule has 1 saturated heterocycles. The van der Waals surface area contributed by atoms with Crippen LogP contribution in [0.5, 0.6) is 0 Å². The zero-order valence-electron chi connectivity index (χ0n) is 14.6. The smallest absolute Gasteiger partial charge is 0.325 e. The van der Waals surface area contributed by atoms with E-state index >= 15 is 0 Å². The van der Waals surface area contributed by atoms with Crippen molar-refractivity contribution >= 4 is 17.8 Å². The maximum atomic E-state index is 12.1. The van der Waals surface area contributed by atoms with Crippen molar-refractivity contribution < 1.29 is 14.4 Å². The number of fused-ring (bicyclic) bond motifs is 1. The number of hydrogen-bond acceptors (Lipinski definition) is 4. The van der Waals surface area contributed by atoms with Gasteiger partial charge in [-0.3, -0.25) is 14.5 Å². The number of nitrogens with one attached hydrogen (secondary N) is 3. The van der Waals surface area contributed by atoms with Crippen molar-refractivity contribution in [3.63, 3.8) is 0 Å². The maximum absolute atomic E-state index is 12.1. The van der Waals surface area contributed by atoms with E-state index in [0.29, 0.717) is 13.0 Å². The minimum absolute atomic E-state index is 0.0788. The summed E-state index contributed by atoms with van der Waals surface area (Å²) < 4.78 is 0. The SMILES string of the molecule is CC1(C)NC(=O)N(CCCC(=O)NCc2ccc3c(c2)CNC3)C1=O. The van der Waals surface area contributed by atoms with Crippen LogP contribution in [-0.4, -0.2) is 34.8 Å². The third-order valence-electron chi connectivity index (χ3n) is 4.62.